The maximum atomic E-state index is 13.0. The van der Waals surface area contributed by atoms with E-state index in [0.717, 1.165) is 10.1 Å². The van der Waals surface area contributed by atoms with Gasteiger partial charge < -0.3 is 4.57 Å². The summed E-state index contributed by atoms with van der Waals surface area (Å²) in [7, 11) is -3.59. The summed E-state index contributed by atoms with van der Waals surface area (Å²) in [5.74, 6) is 0.482. The average molecular weight is 444 g/mol. The Hall–Kier alpha value is -1.98. The second-order valence-corrected chi connectivity index (χ2v) is 9.08. The van der Waals surface area contributed by atoms with Gasteiger partial charge in [-0.15, -0.1) is 0 Å². The van der Waals surface area contributed by atoms with Crippen molar-refractivity contribution in [3.8, 4) is 0 Å². The summed E-state index contributed by atoms with van der Waals surface area (Å²) in [5, 5.41) is 0.628. The molecule has 0 aliphatic rings. The van der Waals surface area contributed by atoms with Gasteiger partial charge in [0.15, 0.2) is 5.16 Å². The van der Waals surface area contributed by atoms with E-state index in [1.807, 2.05) is 11.5 Å². The zero-order chi connectivity index (χ0) is 21.2. The molecule has 0 unspecified atom stereocenters. The highest BCUT2D eigenvalue weighted by atomic mass is 32.2. The molecule has 0 aliphatic carbocycles. The Balaban J connectivity index is 1.94. The van der Waals surface area contributed by atoms with Crippen LogP contribution in [-0.2, 0) is 22.3 Å². The molecule has 2 aromatic heterocycles. The van der Waals surface area contributed by atoms with Crippen LogP contribution in [-0.4, -0.2) is 44.9 Å². The maximum Gasteiger partial charge on any atom is 0.319 e. The van der Waals surface area contributed by atoms with Crippen LogP contribution in [0.1, 0.15) is 33.1 Å². The molecule has 0 spiro atoms. The molecule has 1 aromatic carbocycles. The van der Waals surface area contributed by atoms with Crippen molar-refractivity contribution in [3.63, 3.8) is 0 Å². The van der Waals surface area contributed by atoms with Crippen LogP contribution in [0.4, 0.5) is 8.78 Å². The van der Waals surface area contributed by atoms with Crippen LogP contribution in [0.15, 0.2) is 40.6 Å². The van der Waals surface area contributed by atoms with Crippen molar-refractivity contribution in [2.75, 3.05) is 13.1 Å². The molecule has 0 fully saturated rings. The lowest BCUT2D eigenvalue weighted by Crippen LogP contribution is -2.30. The fourth-order valence-electron chi connectivity index (χ4n) is 3.14. The minimum atomic E-state index is -3.59. The zero-order valence-corrected chi connectivity index (χ0v) is 18.1. The number of halogens is 2. The molecule has 29 heavy (non-hydrogen) atoms. The highest BCUT2D eigenvalue weighted by molar-refractivity contribution is 7.98. The Morgan fingerprint density at radius 3 is 2.55 bits per heavy atom. The molecule has 3 aromatic rings. The summed E-state index contributed by atoms with van der Waals surface area (Å²) < 4.78 is 55.7. The van der Waals surface area contributed by atoms with Gasteiger partial charge in [-0.3, -0.25) is 4.57 Å². The van der Waals surface area contributed by atoms with Gasteiger partial charge in [0, 0.05) is 32.0 Å². The van der Waals surface area contributed by atoms with Gasteiger partial charge in [0.05, 0.1) is 21.7 Å². The van der Waals surface area contributed by atoms with Crippen molar-refractivity contribution < 1.29 is 17.2 Å². The Bertz CT molecular complexity index is 1090. The van der Waals surface area contributed by atoms with Gasteiger partial charge >= 0.3 is 6.55 Å². The van der Waals surface area contributed by atoms with Crippen LogP contribution >= 0.6 is 11.8 Å². The molecule has 0 saturated carbocycles. The topological polar surface area (TPSA) is 73.0 Å². The lowest BCUT2D eigenvalue weighted by Gasteiger charge is -2.18. The third-order valence-electron chi connectivity index (χ3n) is 4.63. The highest BCUT2D eigenvalue weighted by Crippen LogP contribution is 2.29. The van der Waals surface area contributed by atoms with Crippen LogP contribution in [0.25, 0.3) is 11.0 Å². The number of aromatic nitrogens is 4. The van der Waals surface area contributed by atoms with Gasteiger partial charge in [0.25, 0.3) is 0 Å². The third kappa shape index (κ3) is 4.17. The normalized spacial score (nSPS) is 12.5. The molecule has 0 saturated heterocycles. The van der Waals surface area contributed by atoms with Gasteiger partial charge in [-0.2, -0.15) is 13.1 Å². The minimum Gasteiger partial charge on any atom is -0.319 e. The average Bonchev–Trinajstić information content (AvgIpc) is 3.30. The van der Waals surface area contributed by atoms with E-state index in [1.165, 1.54) is 28.5 Å². The smallest absolute Gasteiger partial charge is 0.319 e. The molecule has 7 nitrogen and oxygen atoms in total. The van der Waals surface area contributed by atoms with Crippen LogP contribution in [0.2, 0.25) is 0 Å². The van der Waals surface area contributed by atoms with Crippen LogP contribution in [0, 0.1) is 0 Å². The lowest BCUT2D eigenvalue weighted by molar-refractivity contribution is 0.0678. The molecule has 0 aliphatic heterocycles. The largest absolute Gasteiger partial charge is 0.319 e. The zero-order valence-electron chi connectivity index (χ0n) is 16.4. The number of aryl methyl sites for hydroxylation is 1. The number of rotatable bonds is 9. The fraction of sp³-hybridized carbons (Fsp3) is 0.444. The number of hydrogen-bond acceptors (Lipinski definition) is 5. The summed E-state index contributed by atoms with van der Waals surface area (Å²) >= 11 is 1.29. The van der Waals surface area contributed by atoms with E-state index in [-0.39, 0.29) is 16.5 Å². The van der Waals surface area contributed by atoms with Crippen LogP contribution in [0.3, 0.4) is 0 Å². The number of benzene rings is 1. The van der Waals surface area contributed by atoms with Crippen molar-refractivity contribution in [1.29, 1.82) is 0 Å². The number of hydrogen-bond donors (Lipinski definition) is 0. The lowest BCUT2D eigenvalue weighted by atomic mass is 10.3. The van der Waals surface area contributed by atoms with E-state index in [2.05, 4.69) is 9.97 Å². The quantitative estimate of drug-likeness (QED) is 0.468. The van der Waals surface area contributed by atoms with Crippen LogP contribution < -0.4 is 0 Å². The number of alkyl halides is 2. The van der Waals surface area contributed by atoms with Crippen LogP contribution in [0.5, 0.6) is 0 Å². The van der Waals surface area contributed by atoms with Gasteiger partial charge in [-0.1, -0.05) is 25.6 Å². The van der Waals surface area contributed by atoms with Crippen molar-refractivity contribution >= 4 is 32.8 Å². The molecule has 0 N–H and O–H groups in total. The summed E-state index contributed by atoms with van der Waals surface area (Å²) in [4.78, 5) is 8.74. The molecule has 158 valence electrons. The maximum absolute atomic E-state index is 13.0. The van der Waals surface area contributed by atoms with E-state index in [0.29, 0.717) is 30.3 Å². The van der Waals surface area contributed by atoms with Gasteiger partial charge in [-0.25, -0.2) is 18.4 Å². The molecular weight excluding hydrogens is 420 g/mol. The molecule has 0 radical (unpaired) electrons. The monoisotopic (exact) mass is 443 g/mol. The number of imidazole rings is 2. The van der Waals surface area contributed by atoms with E-state index in [4.69, 9.17) is 0 Å². The molecular formula is C18H23F2N5O2S2. The second kappa shape index (κ2) is 8.80. The Labute approximate surface area is 172 Å². The first-order valence-corrected chi connectivity index (χ1v) is 11.7. The molecule has 2 heterocycles. The van der Waals surface area contributed by atoms with E-state index in [1.54, 1.807) is 32.0 Å². The van der Waals surface area contributed by atoms with Crippen molar-refractivity contribution in [1.82, 2.24) is 23.4 Å². The number of nitrogens with zero attached hydrogens (tertiary/aromatic N) is 5. The highest BCUT2D eigenvalue weighted by Gasteiger charge is 2.23. The third-order valence-corrected chi connectivity index (χ3v) is 7.65. The first kappa shape index (κ1) is 21.7. The molecule has 0 bridgehead atoms. The Morgan fingerprint density at radius 2 is 1.93 bits per heavy atom. The fourth-order valence-corrected chi connectivity index (χ4v) is 5.65. The summed E-state index contributed by atoms with van der Waals surface area (Å²) in [6, 6.07) is 4.90. The predicted molar refractivity (Wildman–Crippen MR) is 109 cm³/mol. The van der Waals surface area contributed by atoms with E-state index < -0.39 is 16.6 Å². The first-order valence-electron chi connectivity index (χ1n) is 9.26. The summed E-state index contributed by atoms with van der Waals surface area (Å²) in [6.45, 7) is 4.28. The van der Waals surface area contributed by atoms with E-state index >= 15 is 0 Å². The molecule has 0 amide bonds. The van der Waals surface area contributed by atoms with E-state index in [9.17, 15) is 17.2 Å². The van der Waals surface area contributed by atoms with Gasteiger partial charge in [0.2, 0.25) is 10.0 Å². The Kier molecular flexibility index (Phi) is 6.59. The standard InChI is InChI=1S/C18H23F2N5O2S2/c1-4-23(5-2)29(26,27)13-7-8-15-14(11-13)22-18(24(15)6-3)28-12-16-21-9-10-25(16)17(19)20/h7-11,17H,4-6,12H2,1-3H3. The van der Waals surface area contributed by atoms with Gasteiger partial charge in [-0.05, 0) is 25.1 Å². The number of fused-ring (bicyclic) bond motifs is 1. The Morgan fingerprint density at radius 1 is 1.21 bits per heavy atom. The van der Waals surface area contributed by atoms with Crippen molar-refractivity contribution in [3.05, 3.63) is 36.4 Å². The van der Waals surface area contributed by atoms with Crippen molar-refractivity contribution in [2.45, 2.75) is 49.7 Å². The van der Waals surface area contributed by atoms with Crippen molar-refractivity contribution in [2.24, 2.45) is 0 Å². The minimum absolute atomic E-state index is 0.194. The summed E-state index contributed by atoms with van der Waals surface area (Å²) in [5.41, 5.74) is 1.35. The van der Waals surface area contributed by atoms with Gasteiger partial charge in [0.1, 0.15) is 5.82 Å². The number of sulfonamides is 1. The number of thioether (sulfide) groups is 1. The molecule has 0 atom stereocenters. The SMILES string of the molecule is CCN(CC)S(=O)(=O)c1ccc2c(c1)nc(SCc1nccn1C(F)F)n2CC. The predicted octanol–water partition coefficient (Wildman–Crippen LogP) is 3.97. The molecule has 11 heteroatoms. The summed E-state index contributed by atoms with van der Waals surface area (Å²) in [6.07, 6.45) is 2.59. The molecule has 3 rings (SSSR count). The second-order valence-electron chi connectivity index (χ2n) is 6.20. The first-order chi connectivity index (χ1) is 13.8.